The first-order valence-electron chi connectivity index (χ1n) is 10.1. The zero-order valence-electron chi connectivity index (χ0n) is 18.5. The van der Waals surface area contributed by atoms with Crippen LogP contribution in [0.15, 0.2) is 54.6 Å². The number of hydrogen-bond acceptors (Lipinski definition) is 4. The van der Waals surface area contributed by atoms with Gasteiger partial charge in [0.2, 0.25) is 5.91 Å². The van der Waals surface area contributed by atoms with E-state index < -0.39 is 6.04 Å². The average Bonchev–Trinajstić information content (AvgIpc) is 2.71. The van der Waals surface area contributed by atoms with Crippen LogP contribution in [0.2, 0.25) is 0 Å². The quantitative estimate of drug-likeness (QED) is 0.685. The molecule has 0 heterocycles. The van der Waals surface area contributed by atoms with Gasteiger partial charge in [-0.05, 0) is 51.8 Å². The monoisotopic (exact) mass is 412 g/mol. The lowest BCUT2D eigenvalue weighted by atomic mass is 10.1. The highest BCUT2D eigenvalue weighted by molar-refractivity contribution is 5.88. The molecule has 0 bridgehead atoms. The smallest absolute Gasteiger partial charge is 0.261 e. The molecule has 2 aromatic rings. The summed E-state index contributed by atoms with van der Waals surface area (Å²) in [6.07, 6.45) is 0.647. The summed E-state index contributed by atoms with van der Waals surface area (Å²) >= 11 is 0. The fourth-order valence-electron chi connectivity index (χ4n) is 3.00. The van der Waals surface area contributed by atoms with Gasteiger partial charge in [-0.1, -0.05) is 42.5 Å². The molecule has 0 saturated carbocycles. The zero-order valence-corrected chi connectivity index (χ0v) is 18.5. The maximum atomic E-state index is 13.0. The first-order valence-corrected chi connectivity index (χ1v) is 10.1. The number of ether oxygens (including phenoxy) is 2. The van der Waals surface area contributed by atoms with E-state index in [1.54, 1.807) is 31.1 Å². The van der Waals surface area contributed by atoms with Gasteiger partial charge in [0.05, 0.1) is 7.11 Å². The van der Waals surface area contributed by atoms with E-state index in [0.717, 1.165) is 5.56 Å². The molecule has 6 heteroatoms. The molecule has 1 unspecified atom stereocenters. The van der Waals surface area contributed by atoms with Crippen LogP contribution in [0.25, 0.3) is 0 Å². The molecule has 1 atom stereocenters. The lowest BCUT2D eigenvalue weighted by molar-refractivity contribution is -0.142. The Balaban J connectivity index is 2.12. The van der Waals surface area contributed by atoms with E-state index in [1.807, 2.05) is 63.2 Å². The number of methoxy groups -OCH3 is 1. The van der Waals surface area contributed by atoms with E-state index in [4.69, 9.17) is 9.47 Å². The van der Waals surface area contributed by atoms with E-state index in [-0.39, 0.29) is 24.0 Å². The fourth-order valence-corrected chi connectivity index (χ4v) is 3.00. The second-order valence-corrected chi connectivity index (χ2v) is 8.18. The number of amides is 2. The molecule has 0 aromatic heterocycles. The predicted octanol–water partition coefficient (Wildman–Crippen LogP) is 3.45. The third-order valence-corrected chi connectivity index (χ3v) is 4.57. The molecule has 162 valence electrons. The summed E-state index contributed by atoms with van der Waals surface area (Å²) in [6, 6.07) is 16.4. The molecule has 0 aliphatic heterocycles. The third-order valence-electron chi connectivity index (χ3n) is 4.57. The molecule has 0 aliphatic carbocycles. The molecule has 2 amide bonds. The molecular weight excluding hydrogens is 380 g/mol. The van der Waals surface area contributed by atoms with Gasteiger partial charge in [-0.3, -0.25) is 9.59 Å². The lowest BCUT2D eigenvalue weighted by Gasteiger charge is -2.31. The van der Waals surface area contributed by atoms with Gasteiger partial charge in [-0.25, -0.2) is 0 Å². The Morgan fingerprint density at radius 1 is 1.00 bits per heavy atom. The number of nitrogens with one attached hydrogen (secondary N) is 1. The molecule has 1 N–H and O–H groups in total. The Morgan fingerprint density at radius 2 is 1.60 bits per heavy atom. The van der Waals surface area contributed by atoms with Gasteiger partial charge < -0.3 is 19.7 Å². The van der Waals surface area contributed by atoms with Gasteiger partial charge in [0.25, 0.3) is 5.91 Å². The van der Waals surface area contributed by atoms with Gasteiger partial charge in [-0.2, -0.15) is 0 Å². The molecular formula is C24H32N2O4. The SMILES string of the molecule is COc1ccccc1OCC(=O)N(CCc1ccccc1)C(C)C(=O)NC(C)(C)C. The fraction of sp³-hybridized carbons (Fsp3) is 0.417. The van der Waals surface area contributed by atoms with Crippen molar-refractivity contribution in [1.29, 1.82) is 0 Å². The van der Waals surface area contributed by atoms with Crippen LogP contribution in [0, 0.1) is 0 Å². The summed E-state index contributed by atoms with van der Waals surface area (Å²) in [4.78, 5) is 27.3. The highest BCUT2D eigenvalue weighted by atomic mass is 16.5. The minimum absolute atomic E-state index is 0.178. The normalized spacial score (nSPS) is 12.0. The van der Waals surface area contributed by atoms with E-state index in [1.165, 1.54) is 0 Å². The number of carbonyl (C=O) groups is 2. The van der Waals surface area contributed by atoms with Gasteiger partial charge in [0.1, 0.15) is 6.04 Å². The summed E-state index contributed by atoms with van der Waals surface area (Å²) in [5, 5.41) is 2.95. The van der Waals surface area contributed by atoms with Crippen LogP contribution in [0.1, 0.15) is 33.3 Å². The summed E-state index contributed by atoms with van der Waals surface area (Å²) in [5.74, 6) is 0.595. The topological polar surface area (TPSA) is 67.9 Å². The zero-order chi connectivity index (χ0) is 22.1. The molecule has 2 aromatic carbocycles. The Morgan fingerprint density at radius 3 is 2.20 bits per heavy atom. The Kier molecular flexibility index (Phi) is 8.27. The molecule has 6 nitrogen and oxygen atoms in total. The molecule has 0 fully saturated rings. The number of para-hydroxylation sites is 2. The summed E-state index contributed by atoms with van der Waals surface area (Å²) in [5.41, 5.74) is 0.720. The maximum absolute atomic E-state index is 13.0. The first-order chi connectivity index (χ1) is 14.2. The van der Waals surface area contributed by atoms with Crippen LogP contribution in [-0.4, -0.2) is 48.6 Å². The number of hydrogen-bond donors (Lipinski definition) is 1. The van der Waals surface area contributed by atoms with Gasteiger partial charge in [0.15, 0.2) is 18.1 Å². The lowest BCUT2D eigenvalue weighted by Crippen LogP contribution is -2.53. The second-order valence-electron chi connectivity index (χ2n) is 8.18. The molecule has 0 saturated heterocycles. The van der Waals surface area contributed by atoms with Crippen LogP contribution < -0.4 is 14.8 Å². The number of carbonyl (C=O) groups excluding carboxylic acids is 2. The van der Waals surface area contributed by atoms with E-state index >= 15 is 0 Å². The van der Waals surface area contributed by atoms with E-state index in [9.17, 15) is 9.59 Å². The highest BCUT2D eigenvalue weighted by Gasteiger charge is 2.28. The number of rotatable bonds is 9. The Bertz CT molecular complexity index is 831. The van der Waals surface area contributed by atoms with Crippen LogP contribution in [0.3, 0.4) is 0 Å². The van der Waals surface area contributed by atoms with Gasteiger partial charge in [0, 0.05) is 12.1 Å². The van der Waals surface area contributed by atoms with E-state index in [2.05, 4.69) is 5.32 Å². The Labute approximate surface area is 179 Å². The minimum atomic E-state index is -0.623. The van der Waals surface area contributed by atoms with Crippen molar-refractivity contribution >= 4 is 11.8 Å². The van der Waals surface area contributed by atoms with Crippen molar-refractivity contribution in [3.63, 3.8) is 0 Å². The summed E-state index contributed by atoms with van der Waals surface area (Å²) in [7, 11) is 1.55. The van der Waals surface area contributed by atoms with Crippen molar-refractivity contribution in [2.75, 3.05) is 20.3 Å². The van der Waals surface area contributed by atoms with Crippen molar-refractivity contribution < 1.29 is 19.1 Å². The number of nitrogens with zero attached hydrogens (tertiary/aromatic N) is 1. The molecule has 0 spiro atoms. The maximum Gasteiger partial charge on any atom is 0.261 e. The van der Waals surface area contributed by atoms with Gasteiger partial charge in [-0.15, -0.1) is 0 Å². The van der Waals surface area contributed by atoms with Crippen molar-refractivity contribution in [2.24, 2.45) is 0 Å². The van der Waals surface area contributed by atoms with Crippen molar-refractivity contribution in [3.8, 4) is 11.5 Å². The molecule has 2 rings (SSSR count). The van der Waals surface area contributed by atoms with Crippen molar-refractivity contribution in [2.45, 2.75) is 45.7 Å². The van der Waals surface area contributed by atoms with Crippen LogP contribution >= 0.6 is 0 Å². The average molecular weight is 413 g/mol. The predicted molar refractivity (Wildman–Crippen MR) is 118 cm³/mol. The molecule has 30 heavy (non-hydrogen) atoms. The van der Waals surface area contributed by atoms with Crippen LogP contribution in [0.5, 0.6) is 11.5 Å². The largest absolute Gasteiger partial charge is 0.493 e. The van der Waals surface area contributed by atoms with Crippen LogP contribution in [0.4, 0.5) is 0 Å². The third kappa shape index (κ3) is 7.10. The standard InChI is InChI=1S/C24H32N2O4/c1-18(23(28)25-24(2,3)4)26(16-15-19-11-7-6-8-12-19)22(27)17-30-21-14-10-9-13-20(21)29-5/h6-14,18H,15-17H2,1-5H3,(H,25,28). The first kappa shape index (κ1) is 23.3. The van der Waals surface area contributed by atoms with E-state index in [0.29, 0.717) is 24.5 Å². The summed E-state index contributed by atoms with van der Waals surface area (Å²) in [6.45, 7) is 7.72. The highest BCUT2D eigenvalue weighted by Crippen LogP contribution is 2.25. The van der Waals surface area contributed by atoms with Crippen LogP contribution in [-0.2, 0) is 16.0 Å². The number of benzene rings is 2. The van der Waals surface area contributed by atoms with Crippen molar-refractivity contribution in [1.82, 2.24) is 10.2 Å². The molecule has 0 aliphatic rings. The second kappa shape index (κ2) is 10.7. The Hall–Kier alpha value is -3.02. The minimum Gasteiger partial charge on any atom is -0.493 e. The molecule has 0 radical (unpaired) electrons. The van der Waals surface area contributed by atoms with Gasteiger partial charge >= 0.3 is 0 Å². The van der Waals surface area contributed by atoms with Crippen molar-refractivity contribution in [3.05, 3.63) is 60.2 Å². The summed E-state index contributed by atoms with van der Waals surface area (Å²) < 4.78 is 11.0.